The highest BCUT2D eigenvalue weighted by molar-refractivity contribution is 5.42. The smallest absolute Gasteiger partial charge is 0.0393 e. The van der Waals surface area contributed by atoms with Crippen LogP contribution in [0.5, 0.6) is 0 Å². The average Bonchev–Trinajstić information content (AvgIpc) is 2.30. The Hall–Kier alpha value is -1.09. The lowest BCUT2D eigenvalue weighted by molar-refractivity contribution is 0.361. The van der Waals surface area contributed by atoms with E-state index in [1.54, 1.807) is 0 Å². The first-order valence-corrected chi connectivity index (χ1v) is 6.22. The highest BCUT2D eigenvalue weighted by Crippen LogP contribution is 2.16. The number of nitrogens with zero attached hydrogens (tertiary/aromatic N) is 1. The second-order valence-corrected chi connectivity index (χ2v) is 4.59. The van der Waals surface area contributed by atoms with Gasteiger partial charge >= 0.3 is 0 Å². The maximum Gasteiger partial charge on any atom is 0.0393 e. The second-order valence-electron chi connectivity index (χ2n) is 4.59. The number of pyridine rings is 1. The van der Waals surface area contributed by atoms with Gasteiger partial charge in [-0.15, -0.1) is 0 Å². The van der Waals surface area contributed by atoms with Crippen molar-refractivity contribution in [1.29, 1.82) is 0 Å². The van der Waals surface area contributed by atoms with E-state index in [0.717, 1.165) is 18.2 Å². The van der Waals surface area contributed by atoms with Gasteiger partial charge in [0.1, 0.15) is 0 Å². The van der Waals surface area contributed by atoms with Crippen LogP contribution in [0.15, 0.2) is 18.3 Å². The van der Waals surface area contributed by atoms with Crippen molar-refractivity contribution in [3.05, 3.63) is 24.0 Å². The van der Waals surface area contributed by atoms with E-state index in [2.05, 4.69) is 21.7 Å². The van der Waals surface area contributed by atoms with Gasteiger partial charge in [0.05, 0.1) is 0 Å². The van der Waals surface area contributed by atoms with Crippen molar-refractivity contribution in [2.24, 2.45) is 5.92 Å². The number of aromatic nitrogens is 1. The molecule has 0 atom stereocenters. The Balaban J connectivity index is 1.71. The summed E-state index contributed by atoms with van der Waals surface area (Å²) in [6.45, 7) is 5.49. The summed E-state index contributed by atoms with van der Waals surface area (Å²) in [6.07, 6.45) is 5.80. The fourth-order valence-electron chi connectivity index (χ4n) is 2.25. The minimum atomic E-state index is 0.900. The van der Waals surface area contributed by atoms with E-state index in [1.807, 2.05) is 19.2 Å². The van der Waals surface area contributed by atoms with Crippen molar-refractivity contribution in [1.82, 2.24) is 10.3 Å². The number of nitrogens with one attached hydrogen (secondary N) is 2. The molecule has 0 radical (unpaired) electrons. The third-order valence-corrected chi connectivity index (χ3v) is 3.24. The summed E-state index contributed by atoms with van der Waals surface area (Å²) in [5.41, 5.74) is 2.27. The molecule has 3 nitrogen and oxygen atoms in total. The summed E-state index contributed by atoms with van der Waals surface area (Å²) >= 11 is 0. The van der Waals surface area contributed by atoms with Gasteiger partial charge in [0.2, 0.25) is 0 Å². The molecule has 1 saturated heterocycles. The number of piperidine rings is 1. The monoisotopic (exact) mass is 219 g/mol. The molecule has 0 unspecified atom stereocenters. The Bertz CT molecular complexity index is 319. The average molecular weight is 219 g/mol. The molecular weight excluding hydrogens is 198 g/mol. The summed E-state index contributed by atoms with van der Waals surface area (Å²) in [7, 11) is 0. The van der Waals surface area contributed by atoms with Crippen molar-refractivity contribution >= 4 is 5.69 Å². The van der Waals surface area contributed by atoms with Crippen molar-refractivity contribution < 1.29 is 0 Å². The van der Waals surface area contributed by atoms with Gasteiger partial charge in [-0.05, 0) is 57.3 Å². The lowest BCUT2D eigenvalue weighted by Gasteiger charge is -2.22. The van der Waals surface area contributed by atoms with Crippen LogP contribution >= 0.6 is 0 Å². The van der Waals surface area contributed by atoms with Gasteiger partial charge in [-0.1, -0.05) is 0 Å². The van der Waals surface area contributed by atoms with Crippen molar-refractivity contribution in [2.75, 3.05) is 25.0 Å². The third kappa shape index (κ3) is 3.49. The molecule has 0 aliphatic carbocycles. The molecule has 1 aliphatic rings. The van der Waals surface area contributed by atoms with E-state index in [4.69, 9.17) is 0 Å². The van der Waals surface area contributed by atoms with E-state index in [-0.39, 0.29) is 0 Å². The van der Waals surface area contributed by atoms with Gasteiger partial charge in [0, 0.05) is 24.1 Å². The first-order valence-electron chi connectivity index (χ1n) is 6.22. The Morgan fingerprint density at radius 3 is 3.00 bits per heavy atom. The van der Waals surface area contributed by atoms with Crippen LogP contribution in [0.1, 0.15) is 25.0 Å². The maximum absolute atomic E-state index is 4.19. The summed E-state index contributed by atoms with van der Waals surface area (Å²) in [5.74, 6) is 0.900. The van der Waals surface area contributed by atoms with Crippen LogP contribution in [0.3, 0.4) is 0 Å². The Morgan fingerprint density at radius 2 is 2.25 bits per heavy atom. The van der Waals surface area contributed by atoms with Gasteiger partial charge in [0.25, 0.3) is 0 Å². The first kappa shape index (κ1) is 11.4. The van der Waals surface area contributed by atoms with Crippen LogP contribution in [0.2, 0.25) is 0 Å². The van der Waals surface area contributed by atoms with E-state index < -0.39 is 0 Å². The molecule has 2 N–H and O–H groups in total. The molecule has 0 amide bonds. The Labute approximate surface area is 97.7 Å². The van der Waals surface area contributed by atoms with Crippen LogP contribution in [0.4, 0.5) is 5.69 Å². The van der Waals surface area contributed by atoms with Crippen LogP contribution in [-0.2, 0) is 0 Å². The number of anilines is 1. The summed E-state index contributed by atoms with van der Waals surface area (Å²) in [6, 6.07) is 4.14. The van der Waals surface area contributed by atoms with Crippen LogP contribution in [0.25, 0.3) is 0 Å². The van der Waals surface area contributed by atoms with E-state index >= 15 is 0 Å². The minimum absolute atomic E-state index is 0.900. The Morgan fingerprint density at radius 1 is 1.44 bits per heavy atom. The molecule has 1 aliphatic heterocycles. The molecule has 2 rings (SSSR count). The number of aryl methyl sites for hydroxylation is 1. The summed E-state index contributed by atoms with van der Waals surface area (Å²) in [4.78, 5) is 4.19. The van der Waals surface area contributed by atoms with E-state index in [9.17, 15) is 0 Å². The zero-order valence-electron chi connectivity index (χ0n) is 10.00. The zero-order chi connectivity index (χ0) is 11.2. The topological polar surface area (TPSA) is 37.0 Å². The highest BCUT2D eigenvalue weighted by atomic mass is 14.9. The van der Waals surface area contributed by atoms with E-state index in [0.29, 0.717) is 0 Å². The predicted octanol–water partition coefficient (Wildman–Crippen LogP) is 2.19. The highest BCUT2D eigenvalue weighted by Gasteiger charge is 2.11. The lowest BCUT2D eigenvalue weighted by Crippen LogP contribution is -2.28. The first-order chi connectivity index (χ1) is 7.84. The largest absolute Gasteiger partial charge is 0.385 e. The second kappa shape index (κ2) is 5.85. The summed E-state index contributed by atoms with van der Waals surface area (Å²) in [5, 5.41) is 6.87. The number of hydrogen-bond acceptors (Lipinski definition) is 3. The van der Waals surface area contributed by atoms with Crippen LogP contribution in [-0.4, -0.2) is 24.6 Å². The molecule has 16 heavy (non-hydrogen) atoms. The molecule has 1 aromatic heterocycles. The van der Waals surface area contributed by atoms with Crippen LogP contribution in [0, 0.1) is 12.8 Å². The number of rotatable bonds is 4. The predicted molar refractivity (Wildman–Crippen MR) is 67.7 cm³/mol. The lowest BCUT2D eigenvalue weighted by atomic mass is 9.95. The zero-order valence-corrected chi connectivity index (χ0v) is 10.00. The molecule has 1 aromatic rings. The minimum Gasteiger partial charge on any atom is -0.385 e. The van der Waals surface area contributed by atoms with Gasteiger partial charge in [-0.2, -0.15) is 0 Å². The van der Waals surface area contributed by atoms with Crippen LogP contribution < -0.4 is 10.6 Å². The quantitative estimate of drug-likeness (QED) is 0.815. The molecule has 0 bridgehead atoms. The molecule has 1 fully saturated rings. The van der Waals surface area contributed by atoms with Gasteiger partial charge in [-0.3, -0.25) is 4.98 Å². The van der Waals surface area contributed by atoms with Gasteiger partial charge in [0.15, 0.2) is 0 Å². The van der Waals surface area contributed by atoms with Crippen molar-refractivity contribution in [2.45, 2.75) is 26.2 Å². The Kier molecular flexibility index (Phi) is 4.17. The van der Waals surface area contributed by atoms with Crippen molar-refractivity contribution in [3.63, 3.8) is 0 Å². The van der Waals surface area contributed by atoms with Crippen molar-refractivity contribution in [3.8, 4) is 0 Å². The molecule has 2 heterocycles. The maximum atomic E-state index is 4.19. The molecule has 0 aromatic carbocycles. The molecule has 0 spiro atoms. The summed E-state index contributed by atoms with van der Waals surface area (Å²) < 4.78 is 0. The fourth-order valence-corrected chi connectivity index (χ4v) is 2.25. The molecular formula is C13H21N3. The standard InChI is InChI=1S/C13H21N3/c1-11-10-13(5-9-15-11)16-8-4-12-2-6-14-7-3-12/h5,9-10,12,14H,2-4,6-8H2,1H3,(H,15,16). The molecule has 0 saturated carbocycles. The fraction of sp³-hybridized carbons (Fsp3) is 0.615. The number of hydrogen-bond donors (Lipinski definition) is 2. The SMILES string of the molecule is Cc1cc(NCCC2CCNCC2)ccn1. The normalized spacial score (nSPS) is 17.3. The van der Waals surface area contributed by atoms with Gasteiger partial charge < -0.3 is 10.6 Å². The third-order valence-electron chi connectivity index (χ3n) is 3.24. The van der Waals surface area contributed by atoms with Gasteiger partial charge in [-0.25, -0.2) is 0 Å². The molecule has 88 valence electrons. The molecule has 3 heteroatoms. The van der Waals surface area contributed by atoms with E-state index in [1.165, 1.54) is 38.0 Å².